The molecule has 1 aliphatic heterocycles. The molecule has 0 unspecified atom stereocenters. The SMILES string of the molecule is CCN1CCN(C(=O)c2ccc(S(=O)(=O)Nc3c(C)n(C)n(-c4ccccc4)c3=O)cc2)CC1. The fraction of sp³-hybridized carbons (Fsp3) is 0.333. The van der Waals surface area contributed by atoms with Crippen LogP contribution in [-0.4, -0.2) is 66.2 Å². The average Bonchev–Trinajstić information content (AvgIpc) is 3.07. The summed E-state index contributed by atoms with van der Waals surface area (Å²) in [6.45, 7) is 7.69. The fourth-order valence-corrected chi connectivity index (χ4v) is 5.22. The predicted octanol–water partition coefficient (Wildman–Crippen LogP) is 2.06. The van der Waals surface area contributed by atoms with Crippen molar-refractivity contribution in [3.05, 3.63) is 76.2 Å². The van der Waals surface area contributed by atoms with E-state index < -0.39 is 15.6 Å². The quantitative estimate of drug-likeness (QED) is 0.579. The van der Waals surface area contributed by atoms with Gasteiger partial charge in [0, 0.05) is 38.8 Å². The maximum Gasteiger partial charge on any atom is 0.296 e. The first-order valence-electron chi connectivity index (χ1n) is 11.2. The van der Waals surface area contributed by atoms with Crippen molar-refractivity contribution in [1.29, 1.82) is 0 Å². The van der Waals surface area contributed by atoms with E-state index in [1.165, 1.54) is 28.9 Å². The van der Waals surface area contributed by atoms with Crippen molar-refractivity contribution in [1.82, 2.24) is 19.2 Å². The van der Waals surface area contributed by atoms with Crippen molar-refractivity contribution < 1.29 is 13.2 Å². The molecule has 0 atom stereocenters. The van der Waals surface area contributed by atoms with Crippen LogP contribution in [0.25, 0.3) is 5.69 Å². The Labute approximate surface area is 199 Å². The van der Waals surface area contributed by atoms with E-state index in [9.17, 15) is 18.0 Å². The maximum absolute atomic E-state index is 13.0. The van der Waals surface area contributed by atoms with Crippen LogP contribution >= 0.6 is 0 Å². The van der Waals surface area contributed by atoms with Gasteiger partial charge in [0.2, 0.25) is 0 Å². The second-order valence-electron chi connectivity index (χ2n) is 8.29. The van der Waals surface area contributed by atoms with E-state index in [1.807, 2.05) is 6.07 Å². The van der Waals surface area contributed by atoms with Crippen molar-refractivity contribution >= 4 is 21.6 Å². The Morgan fingerprint density at radius 1 is 0.971 bits per heavy atom. The first-order valence-corrected chi connectivity index (χ1v) is 12.7. The van der Waals surface area contributed by atoms with Gasteiger partial charge in [-0.15, -0.1) is 0 Å². The number of sulfonamides is 1. The van der Waals surface area contributed by atoms with Gasteiger partial charge in [-0.05, 0) is 49.9 Å². The Morgan fingerprint density at radius 2 is 1.59 bits per heavy atom. The molecule has 3 aromatic rings. The molecule has 1 N–H and O–H groups in total. The van der Waals surface area contributed by atoms with E-state index in [1.54, 1.807) is 47.8 Å². The van der Waals surface area contributed by atoms with Crippen molar-refractivity contribution in [2.24, 2.45) is 7.05 Å². The first-order chi connectivity index (χ1) is 16.2. The average molecular weight is 484 g/mol. The van der Waals surface area contributed by atoms with Crippen LogP contribution in [0.3, 0.4) is 0 Å². The lowest BCUT2D eigenvalue weighted by Gasteiger charge is -2.34. The lowest BCUT2D eigenvalue weighted by atomic mass is 10.2. The number of benzene rings is 2. The van der Waals surface area contributed by atoms with Crippen LogP contribution in [0.5, 0.6) is 0 Å². The second-order valence-corrected chi connectivity index (χ2v) is 9.98. The third-order valence-electron chi connectivity index (χ3n) is 6.31. The van der Waals surface area contributed by atoms with Crippen molar-refractivity contribution in [2.75, 3.05) is 37.4 Å². The Kier molecular flexibility index (Phi) is 6.63. The lowest BCUT2D eigenvalue weighted by molar-refractivity contribution is 0.0643. The topological polar surface area (TPSA) is 96.7 Å². The van der Waals surface area contributed by atoms with Gasteiger partial charge in [0.05, 0.1) is 16.3 Å². The Bertz CT molecular complexity index is 1340. The normalized spacial score (nSPS) is 14.9. The highest BCUT2D eigenvalue weighted by atomic mass is 32.2. The molecule has 10 heteroatoms. The van der Waals surface area contributed by atoms with Crippen LogP contribution in [-0.2, 0) is 17.1 Å². The number of carbonyl (C=O) groups excluding carboxylic acids is 1. The van der Waals surface area contributed by atoms with Gasteiger partial charge < -0.3 is 9.80 Å². The Hall–Kier alpha value is -3.37. The Morgan fingerprint density at radius 3 is 2.18 bits per heavy atom. The standard InChI is InChI=1S/C24H29N5O4S/c1-4-27-14-16-28(17-15-27)23(30)19-10-12-21(13-11-19)34(32,33)25-22-18(2)26(3)29(24(22)31)20-8-6-5-7-9-20/h5-13,25H,4,14-17H2,1-3H3. The van der Waals surface area contributed by atoms with E-state index in [2.05, 4.69) is 16.5 Å². The van der Waals surface area contributed by atoms with Gasteiger partial charge in [0.25, 0.3) is 21.5 Å². The molecule has 1 aliphatic rings. The number of anilines is 1. The molecule has 0 spiro atoms. The minimum atomic E-state index is -4.03. The number of para-hydroxylation sites is 1. The summed E-state index contributed by atoms with van der Waals surface area (Å²) in [6.07, 6.45) is 0. The smallest absolute Gasteiger partial charge is 0.296 e. The van der Waals surface area contributed by atoms with Crippen molar-refractivity contribution in [3.8, 4) is 5.69 Å². The molecule has 1 saturated heterocycles. The minimum absolute atomic E-state index is 0.0136. The van der Waals surface area contributed by atoms with Gasteiger partial charge in [-0.25, -0.2) is 13.1 Å². The Balaban J connectivity index is 1.55. The van der Waals surface area contributed by atoms with Gasteiger partial charge in [-0.1, -0.05) is 25.1 Å². The molecule has 1 aromatic heterocycles. The number of hydrogen-bond acceptors (Lipinski definition) is 5. The third kappa shape index (κ3) is 4.51. The molecule has 2 heterocycles. The molecular weight excluding hydrogens is 454 g/mol. The fourth-order valence-electron chi connectivity index (χ4n) is 4.11. The summed E-state index contributed by atoms with van der Waals surface area (Å²) in [4.78, 5) is 29.9. The zero-order valence-corrected chi connectivity index (χ0v) is 20.4. The molecule has 1 fully saturated rings. The molecular formula is C24H29N5O4S. The summed E-state index contributed by atoms with van der Waals surface area (Å²) in [5, 5.41) is 0. The lowest BCUT2D eigenvalue weighted by Crippen LogP contribution is -2.48. The molecule has 0 aliphatic carbocycles. The van der Waals surface area contributed by atoms with E-state index in [0.29, 0.717) is 30.0 Å². The van der Waals surface area contributed by atoms with Crippen LogP contribution in [0.1, 0.15) is 23.0 Å². The predicted molar refractivity (Wildman–Crippen MR) is 131 cm³/mol. The molecule has 1 amide bonds. The number of piperazine rings is 1. The van der Waals surface area contributed by atoms with Gasteiger partial charge in [-0.3, -0.25) is 19.0 Å². The molecule has 2 aromatic carbocycles. The van der Waals surface area contributed by atoms with Crippen molar-refractivity contribution in [2.45, 2.75) is 18.7 Å². The molecule has 9 nitrogen and oxygen atoms in total. The summed E-state index contributed by atoms with van der Waals surface area (Å²) < 4.78 is 31.6. The second kappa shape index (κ2) is 9.47. The molecule has 0 radical (unpaired) electrons. The highest BCUT2D eigenvalue weighted by molar-refractivity contribution is 7.92. The number of nitrogens with one attached hydrogen (secondary N) is 1. The summed E-state index contributed by atoms with van der Waals surface area (Å²) in [5.74, 6) is -0.114. The van der Waals surface area contributed by atoms with Gasteiger partial charge in [0.15, 0.2) is 0 Å². The molecule has 180 valence electrons. The number of nitrogens with zero attached hydrogens (tertiary/aromatic N) is 4. The third-order valence-corrected chi connectivity index (χ3v) is 7.67. The molecule has 0 saturated carbocycles. The summed E-state index contributed by atoms with van der Waals surface area (Å²) >= 11 is 0. The van der Waals surface area contributed by atoms with Crippen LogP contribution in [0.2, 0.25) is 0 Å². The molecule has 0 bridgehead atoms. The van der Waals surface area contributed by atoms with E-state index >= 15 is 0 Å². The largest absolute Gasteiger partial charge is 0.336 e. The number of aromatic nitrogens is 2. The van der Waals surface area contributed by atoms with Gasteiger partial charge >= 0.3 is 0 Å². The highest BCUT2D eigenvalue weighted by Gasteiger charge is 2.24. The van der Waals surface area contributed by atoms with E-state index in [4.69, 9.17) is 0 Å². The summed E-state index contributed by atoms with van der Waals surface area (Å²) in [6, 6.07) is 14.8. The minimum Gasteiger partial charge on any atom is -0.336 e. The zero-order chi connectivity index (χ0) is 24.5. The number of hydrogen-bond donors (Lipinski definition) is 1. The molecule has 4 rings (SSSR count). The van der Waals surface area contributed by atoms with E-state index in [-0.39, 0.29) is 16.5 Å². The first kappa shape index (κ1) is 23.8. The maximum atomic E-state index is 13.0. The van der Waals surface area contributed by atoms with Crippen LogP contribution in [0, 0.1) is 6.92 Å². The van der Waals surface area contributed by atoms with Crippen molar-refractivity contribution in [3.63, 3.8) is 0 Å². The number of likely N-dealkylation sites (N-methyl/N-ethyl adjacent to an activating group) is 1. The number of amides is 1. The highest BCUT2D eigenvalue weighted by Crippen LogP contribution is 2.20. The van der Waals surface area contributed by atoms with Gasteiger partial charge in [-0.2, -0.15) is 0 Å². The molecule has 34 heavy (non-hydrogen) atoms. The van der Waals surface area contributed by atoms with Crippen LogP contribution < -0.4 is 10.3 Å². The van der Waals surface area contributed by atoms with Gasteiger partial charge in [0.1, 0.15) is 5.69 Å². The summed E-state index contributed by atoms with van der Waals surface area (Å²) in [5.41, 5.74) is 1.07. The van der Waals surface area contributed by atoms with Crippen LogP contribution in [0.15, 0.2) is 64.3 Å². The number of carbonyl (C=O) groups is 1. The van der Waals surface area contributed by atoms with E-state index in [0.717, 1.165) is 19.6 Å². The number of rotatable bonds is 6. The zero-order valence-electron chi connectivity index (χ0n) is 19.6. The monoisotopic (exact) mass is 483 g/mol. The summed E-state index contributed by atoms with van der Waals surface area (Å²) in [7, 11) is -2.33. The van der Waals surface area contributed by atoms with Crippen LogP contribution in [0.4, 0.5) is 5.69 Å².